The molecule has 0 fully saturated rings. The van der Waals surface area contributed by atoms with Crippen LogP contribution in [0, 0.1) is 0 Å². The maximum absolute atomic E-state index is 9.05. The minimum absolute atomic E-state index is 0.0789. The maximum atomic E-state index is 9.05. The monoisotopic (exact) mass is 239 g/mol. The largest absolute Gasteiger partial charge is 0.395 e. The Morgan fingerprint density at radius 3 is 2.94 bits per heavy atom. The summed E-state index contributed by atoms with van der Waals surface area (Å²) in [7, 11) is 0. The topological polar surface area (TPSA) is 64.1 Å². The number of benzene rings is 1. The molecule has 0 saturated carbocycles. The van der Waals surface area contributed by atoms with Crippen molar-refractivity contribution in [3.63, 3.8) is 0 Å². The molecule has 0 amide bonds. The molecule has 1 aromatic heterocycles. The first-order chi connectivity index (χ1) is 7.76. The van der Waals surface area contributed by atoms with Gasteiger partial charge in [-0.1, -0.05) is 11.6 Å². The third-order valence-electron chi connectivity index (χ3n) is 2.48. The molecule has 4 nitrogen and oxygen atoms in total. The molecule has 0 bridgehead atoms. The molecule has 2 aromatic rings. The Morgan fingerprint density at radius 2 is 2.25 bits per heavy atom. The predicted octanol–water partition coefficient (Wildman–Crippen LogP) is 1.18. The van der Waals surface area contributed by atoms with Crippen LogP contribution in [0.3, 0.4) is 0 Å². The molecule has 2 rings (SSSR count). The summed E-state index contributed by atoms with van der Waals surface area (Å²) in [5, 5.41) is 9.72. The normalized spacial score (nSPS) is 11.2. The minimum Gasteiger partial charge on any atom is -0.395 e. The van der Waals surface area contributed by atoms with Crippen molar-refractivity contribution in [3.05, 3.63) is 29.0 Å². The highest BCUT2D eigenvalue weighted by Crippen LogP contribution is 2.20. The number of nitrogens with two attached hydrogens (primary N) is 1. The van der Waals surface area contributed by atoms with Gasteiger partial charge in [0.15, 0.2) is 0 Å². The van der Waals surface area contributed by atoms with E-state index in [2.05, 4.69) is 4.98 Å². The third kappa shape index (κ3) is 2.04. The number of hydrogen-bond acceptors (Lipinski definition) is 3. The van der Waals surface area contributed by atoms with Crippen LogP contribution in [0.5, 0.6) is 0 Å². The first kappa shape index (κ1) is 11.4. The van der Waals surface area contributed by atoms with Crippen LogP contribution in [-0.4, -0.2) is 27.8 Å². The molecule has 1 aromatic carbocycles. The van der Waals surface area contributed by atoms with Crippen molar-refractivity contribution in [2.75, 3.05) is 13.2 Å². The lowest BCUT2D eigenvalue weighted by atomic mass is 10.3. The highest BCUT2D eigenvalue weighted by Gasteiger charge is 2.09. The van der Waals surface area contributed by atoms with Gasteiger partial charge in [0.2, 0.25) is 0 Å². The highest BCUT2D eigenvalue weighted by atomic mass is 35.5. The number of aliphatic hydroxyl groups is 1. The van der Waals surface area contributed by atoms with Crippen LogP contribution in [0.4, 0.5) is 0 Å². The molecule has 86 valence electrons. The van der Waals surface area contributed by atoms with E-state index in [1.54, 1.807) is 0 Å². The van der Waals surface area contributed by atoms with E-state index in [1.807, 2.05) is 22.8 Å². The van der Waals surface area contributed by atoms with Crippen LogP contribution in [0.25, 0.3) is 11.0 Å². The van der Waals surface area contributed by atoms with Crippen molar-refractivity contribution in [1.29, 1.82) is 0 Å². The number of imidazole rings is 1. The second kappa shape index (κ2) is 4.82. The Morgan fingerprint density at radius 1 is 1.44 bits per heavy atom. The molecular weight excluding hydrogens is 226 g/mol. The summed E-state index contributed by atoms with van der Waals surface area (Å²) in [4.78, 5) is 4.48. The lowest BCUT2D eigenvalue weighted by Gasteiger charge is -2.06. The van der Waals surface area contributed by atoms with Gasteiger partial charge in [-0.15, -0.1) is 0 Å². The van der Waals surface area contributed by atoms with Crippen LogP contribution in [-0.2, 0) is 13.0 Å². The van der Waals surface area contributed by atoms with Crippen LogP contribution in [0.2, 0.25) is 5.02 Å². The fourth-order valence-corrected chi connectivity index (χ4v) is 1.98. The minimum atomic E-state index is 0.0789. The molecule has 0 saturated heterocycles. The fraction of sp³-hybridized carbons (Fsp3) is 0.364. The second-order valence-corrected chi connectivity index (χ2v) is 4.01. The Bertz CT molecular complexity index is 495. The number of nitrogens with zero attached hydrogens (tertiary/aromatic N) is 2. The lowest BCUT2D eigenvalue weighted by Crippen LogP contribution is -2.11. The first-order valence-corrected chi connectivity index (χ1v) is 5.59. The van der Waals surface area contributed by atoms with Gasteiger partial charge in [-0.2, -0.15) is 0 Å². The second-order valence-electron chi connectivity index (χ2n) is 3.57. The quantitative estimate of drug-likeness (QED) is 0.842. The number of aliphatic hydroxyl groups excluding tert-OH is 1. The van der Waals surface area contributed by atoms with Crippen molar-refractivity contribution >= 4 is 22.6 Å². The van der Waals surface area contributed by atoms with Gasteiger partial charge in [0.1, 0.15) is 5.82 Å². The lowest BCUT2D eigenvalue weighted by molar-refractivity contribution is 0.276. The third-order valence-corrected chi connectivity index (χ3v) is 2.72. The maximum Gasteiger partial charge on any atom is 0.111 e. The van der Waals surface area contributed by atoms with Gasteiger partial charge in [-0.05, 0) is 24.7 Å². The van der Waals surface area contributed by atoms with Crippen molar-refractivity contribution in [3.8, 4) is 0 Å². The fourth-order valence-electron chi connectivity index (χ4n) is 1.82. The van der Waals surface area contributed by atoms with E-state index in [-0.39, 0.29) is 6.61 Å². The molecule has 16 heavy (non-hydrogen) atoms. The zero-order valence-electron chi connectivity index (χ0n) is 8.86. The number of hydrogen-bond donors (Lipinski definition) is 2. The summed E-state index contributed by atoms with van der Waals surface area (Å²) in [6.45, 7) is 1.14. The molecule has 5 heteroatoms. The van der Waals surface area contributed by atoms with Gasteiger partial charge in [0.05, 0.1) is 17.6 Å². The number of halogens is 1. The summed E-state index contributed by atoms with van der Waals surface area (Å²) in [5.41, 5.74) is 7.37. The highest BCUT2D eigenvalue weighted by molar-refractivity contribution is 6.31. The van der Waals surface area contributed by atoms with E-state index in [0.29, 0.717) is 24.5 Å². The smallest absolute Gasteiger partial charge is 0.111 e. The standard InChI is InChI=1S/C11H14ClN3O/c12-8-1-2-9-10(7-8)15(5-6-16)11(14-9)3-4-13/h1-2,7,16H,3-6,13H2. The Kier molecular flexibility index (Phi) is 3.43. The van der Waals surface area contributed by atoms with Crippen molar-refractivity contribution in [2.45, 2.75) is 13.0 Å². The predicted molar refractivity (Wildman–Crippen MR) is 64.6 cm³/mol. The first-order valence-electron chi connectivity index (χ1n) is 5.22. The number of rotatable bonds is 4. The Balaban J connectivity index is 2.57. The summed E-state index contributed by atoms with van der Waals surface area (Å²) < 4.78 is 1.97. The molecule has 0 radical (unpaired) electrons. The number of aromatic nitrogens is 2. The van der Waals surface area contributed by atoms with E-state index in [9.17, 15) is 0 Å². The van der Waals surface area contributed by atoms with Crippen molar-refractivity contribution in [2.24, 2.45) is 5.73 Å². The number of fused-ring (bicyclic) bond motifs is 1. The van der Waals surface area contributed by atoms with Crippen LogP contribution < -0.4 is 5.73 Å². The van der Waals surface area contributed by atoms with Gasteiger partial charge < -0.3 is 15.4 Å². The van der Waals surface area contributed by atoms with Crippen LogP contribution >= 0.6 is 11.6 Å². The van der Waals surface area contributed by atoms with Gasteiger partial charge in [-0.25, -0.2) is 4.98 Å². The van der Waals surface area contributed by atoms with Gasteiger partial charge >= 0.3 is 0 Å². The molecule has 1 heterocycles. The molecule has 3 N–H and O–H groups in total. The van der Waals surface area contributed by atoms with E-state index in [0.717, 1.165) is 16.9 Å². The van der Waals surface area contributed by atoms with Crippen molar-refractivity contribution < 1.29 is 5.11 Å². The van der Waals surface area contributed by atoms with Gasteiger partial charge in [-0.3, -0.25) is 0 Å². The average Bonchev–Trinajstić information content (AvgIpc) is 2.58. The van der Waals surface area contributed by atoms with E-state index in [4.69, 9.17) is 22.4 Å². The molecule has 0 aliphatic carbocycles. The summed E-state index contributed by atoms with van der Waals surface area (Å²) in [6.07, 6.45) is 0.701. The van der Waals surface area contributed by atoms with Crippen LogP contribution in [0.15, 0.2) is 18.2 Å². The van der Waals surface area contributed by atoms with E-state index in [1.165, 1.54) is 0 Å². The van der Waals surface area contributed by atoms with E-state index >= 15 is 0 Å². The summed E-state index contributed by atoms with van der Waals surface area (Å²) >= 11 is 5.95. The average molecular weight is 240 g/mol. The van der Waals surface area contributed by atoms with Gasteiger partial charge in [0, 0.05) is 18.0 Å². The molecule has 0 aliphatic heterocycles. The van der Waals surface area contributed by atoms with Crippen molar-refractivity contribution in [1.82, 2.24) is 9.55 Å². The molecule has 0 unspecified atom stereocenters. The zero-order valence-corrected chi connectivity index (χ0v) is 9.61. The molecular formula is C11H14ClN3O. The Hall–Kier alpha value is -1.10. The van der Waals surface area contributed by atoms with Crippen LogP contribution in [0.1, 0.15) is 5.82 Å². The SMILES string of the molecule is NCCc1nc2ccc(Cl)cc2n1CCO. The van der Waals surface area contributed by atoms with Gasteiger partial charge in [0.25, 0.3) is 0 Å². The van der Waals surface area contributed by atoms with E-state index < -0.39 is 0 Å². The summed E-state index contributed by atoms with van der Waals surface area (Å²) in [5.74, 6) is 0.897. The molecule has 0 aliphatic rings. The Labute approximate surface area is 98.6 Å². The zero-order chi connectivity index (χ0) is 11.5. The molecule has 0 atom stereocenters. The summed E-state index contributed by atoms with van der Waals surface area (Å²) in [6, 6.07) is 5.55. The molecule has 0 spiro atoms.